The van der Waals surface area contributed by atoms with Crippen LogP contribution in [0.3, 0.4) is 0 Å². The van der Waals surface area contributed by atoms with Gasteiger partial charge in [-0.25, -0.2) is 9.59 Å². The summed E-state index contributed by atoms with van der Waals surface area (Å²) in [6, 6.07) is 14.0. The van der Waals surface area contributed by atoms with Crippen molar-refractivity contribution in [2.45, 2.75) is 33.8 Å². The van der Waals surface area contributed by atoms with E-state index in [2.05, 4.69) is 20.8 Å². The predicted molar refractivity (Wildman–Crippen MR) is 117 cm³/mol. The van der Waals surface area contributed by atoms with Crippen LogP contribution in [0.5, 0.6) is 0 Å². The van der Waals surface area contributed by atoms with Gasteiger partial charge >= 0.3 is 12.0 Å². The monoisotopic (exact) mass is 420 g/mol. The highest BCUT2D eigenvalue weighted by molar-refractivity contribution is 6.03. The number of rotatable bonds is 5. The topological polar surface area (TPSA) is 113 Å². The number of nitrogens with zero attached hydrogens (tertiary/aromatic N) is 1. The Labute approximate surface area is 180 Å². The van der Waals surface area contributed by atoms with E-state index in [9.17, 15) is 14.4 Å². The molecule has 3 N–H and O–H groups in total. The smallest absolute Gasteiger partial charge is 0.357 e. The molecule has 1 atom stereocenters. The molecule has 0 bridgehead atoms. The summed E-state index contributed by atoms with van der Waals surface area (Å²) in [6.07, 6.45) is -1.18. The molecule has 0 aliphatic carbocycles. The van der Waals surface area contributed by atoms with Gasteiger partial charge in [0.15, 0.2) is 6.10 Å². The van der Waals surface area contributed by atoms with Crippen molar-refractivity contribution in [3.8, 4) is 11.3 Å². The Balaban J connectivity index is 1.56. The van der Waals surface area contributed by atoms with Crippen LogP contribution in [0.1, 0.15) is 34.1 Å². The quantitative estimate of drug-likeness (QED) is 0.542. The van der Waals surface area contributed by atoms with Gasteiger partial charge in [-0.05, 0) is 45.4 Å². The molecular formula is C23H24N4O4. The van der Waals surface area contributed by atoms with Crippen molar-refractivity contribution in [1.82, 2.24) is 15.5 Å². The minimum Gasteiger partial charge on any atom is -0.448 e. The Bertz CT molecular complexity index is 1120. The van der Waals surface area contributed by atoms with Gasteiger partial charge < -0.3 is 10.1 Å². The van der Waals surface area contributed by atoms with Gasteiger partial charge in [-0.2, -0.15) is 5.10 Å². The molecule has 8 heteroatoms. The number of H-pyrrole nitrogens is 1. The van der Waals surface area contributed by atoms with Crippen LogP contribution >= 0.6 is 0 Å². The number of nitrogens with one attached hydrogen (secondary N) is 3. The Morgan fingerprint density at radius 2 is 1.65 bits per heavy atom. The highest BCUT2D eigenvalue weighted by Crippen LogP contribution is 2.19. The number of hydrogen-bond donors (Lipinski definition) is 3. The number of esters is 1. The fraction of sp³-hybridized carbons (Fsp3) is 0.217. The number of amides is 3. The lowest BCUT2D eigenvalue weighted by Gasteiger charge is -2.13. The van der Waals surface area contributed by atoms with Crippen molar-refractivity contribution in [1.29, 1.82) is 0 Å². The molecule has 3 rings (SSSR count). The second-order valence-electron chi connectivity index (χ2n) is 7.34. The van der Waals surface area contributed by atoms with Crippen molar-refractivity contribution in [3.05, 3.63) is 70.9 Å². The molecule has 0 radical (unpaired) electrons. The van der Waals surface area contributed by atoms with Crippen LogP contribution in [-0.2, 0) is 9.53 Å². The summed E-state index contributed by atoms with van der Waals surface area (Å²) >= 11 is 0. The maximum absolute atomic E-state index is 12.3. The molecule has 8 nitrogen and oxygen atoms in total. The van der Waals surface area contributed by atoms with Gasteiger partial charge in [0, 0.05) is 11.3 Å². The summed E-state index contributed by atoms with van der Waals surface area (Å²) in [5, 5.41) is 11.5. The normalized spacial score (nSPS) is 11.5. The lowest BCUT2D eigenvalue weighted by atomic mass is 10.1. The third-order valence-corrected chi connectivity index (χ3v) is 4.66. The van der Waals surface area contributed by atoms with E-state index < -0.39 is 24.0 Å². The molecule has 0 saturated carbocycles. The minimum atomic E-state index is -1.18. The lowest BCUT2D eigenvalue weighted by Crippen LogP contribution is -2.41. The van der Waals surface area contributed by atoms with Gasteiger partial charge in [-0.15, -0.1) is 0 Å². The standard InChI is InChI=1S/C23H24N4O4/c1-13-5-8-17(9-6-13)19-12-20(27-26-19)22(29)31-16(4)21(28)25-23(30)24-18-10-7-14(2)11-15(18)3/h5-12,16H,1-4H3,(H,26,27)(H2,24,25,28,30)/t16-/m1/s1. The fourth-order valence-electron chi connectivity index (χ4n) is 2.90. The number of aromatic nitrogens is 2. The van der Waals surface area contributed by atoms with Crippen molar-refractivity contribution < 1.29 is 19.1 Å². The zero-order valence-corrected chi connectivity index (χ0v) is 17.8. The fourth-order valence-corrected chi connectivity index (χ4v) is 2.90. The molecule has 0 aliphatic rings. The van der Waals surface area contributed by atoms with Gasteiger partial charge in [0.1, 0.15) is 5.69 Å². The molecule has 160 valence electrons. The maximum atomic E-state index is 12.3. The van der Waals surface area contributed by atoms with E-state index in [4.69, 9.17) is 4.74 Å². The molecular weight excluding hydrogens is 396 g/mol. The van der Waals surface area contributed by atoms with E-state index >= 15 is 0 Å². The van der Waals surface area contributed by atoms with Crippen molar-refractivity contribution in [2.75, 3.05) is 5.32 Å². The Kier molecular flexibility index (Phi) is 6.49. The lowest BCUT2D eigenvalue weighted by molar-refractivity contribution is -0.127. The van der Waals surface area contributed by atoms with Crippen molar-refractivity contribution in [3.63, 3.8) is 0 Å². The number of benzene rings is 2. The van der Waals surface area contributed by atoms with E-state index in [1.165, 1.54) is 6.92 Å². The molecule has 0 aliphatic heterocycles. The number of hydrogen-bond acceptors (Lipinski definition) is 5. The van der Waals surface area contributed by atoms with E-state index in [0.717, 1.165) is 22.3 Å². The Hall–Kier alpha value is -3.94. The summed E-state index contributed by atoms with van der Waals surface area (Å²) in [5.41, 5.74) is 5.15. The van der Waals surface area contributed by atoms with Gasteiger partial charge in [-0.1, -0.05) is 47.5 Å². The second-order valence-corrected chi connectivity index (χ2v) is 7.34. The third kappa shape index (κ3) is 5.57. The van der Waals surface area contributed by atoms with E-state index in [1.807, 2.05) is 57.2 Å². The van der Waals surface area contributed by atoms with Crippen LogP contribution in [0.25, 0.3) is 11.3 Å². The number of carbonyl (C=O) groups is 3. The average Bonchev–Trinajstić information content (AvgIpc) is 3.21. The zero-order valence-electron chi connectivity index (χ0n) is 17.8. The van der Waals surface area contributed by atoms with Crippen LogP contribution in [0.2, 0.25) is 0 Å². The summed E-state index contributed by atoms with van der Waals surface area (Å²) in [5.74, 6) is -1.49. The first kappa shape index (κ1) is 21.8. The molecule has 1 heterocycles. The number of anilines is 1. The third-order valence-electron chi connectivity index (χ3n) is 4.66. The molecule has 0 spiro atoms. The molecule has 0 saturated heterocycles. The van der Waals surface area contributed by atoms with E-state index in [1.54, 1.807) is 12.1 Å². The highest BCUT2D eigenvalue weighted by Gasteiger charge is 2.22. The van der Waals surface area contributed by atoms with Crippen LogP contribution in [0, 0.1) is 20.8 Å². The molecule has 0 fully saturated rings. The van der Waals surface area contributed by atoms with Gasteiger partial charge in [0.2, 0.25) is 0 Å². The molecule has 0 unspecified atom stereocenters. The first-order valence-corrected chi connectivity index (χ1v) is 9.75. The summed E-state index contributed by atoms with van der Waals surface area (Å²) in [6.45, 7) is 7.16. The van der Waals surface area contributed by atoms with Gasteiger partial charge in [0.25, 0.3) is 5.91 Å². The zero-order chi connectivity index (χ0) is 22.5. The number of carbonyl (C=O) groups excluding carboxylic acids is 3. The SMILES string of the molecule is Cc1ccc(-c2cc(C(=O)O[C@H](C)C(=O)NC(=O)Nc3ccc(C)cc3C)[nH]n2)cc1. The largest absolute Gasteiger partial charge is 0.448 e. The molecule has 1 aromatic heterocycles. The van der Waals surface area contributed by atoms with Crippen molar-refractivity contribution in [2.24, 2.45) is 0 Å². The van der Waals surface area contributed by atoms with Gasteiger partial charge in [-0.3, -0.25) is 15.2 Å². The highest BCUT2D eigenvalue weighted by atomic mass is 16.5. The number of imide groups is 1. The number of urea groups is 1. The van der Waals surface area contributed by atoms with Crippen LogP contribution < -0.4 is 10.6 Å². The summed E-state index contributed by atoms with van der Waals surface area (Å²) in [7, 11) is 0. The van der Waals surface area contributed by atoms with Crippen molar-refractivity contribution >= 4 is 23.6 Å². The average molecular weight is 420 g/mol. The first-order valence-electron chi connectivity index (χ1n) is 9.75. The molecule has 3 aromatic rings. The number of ether oxygens (including phenoxy) is 1. The predicted octanol–water partition coefficient (Wildman–Crippen LogP) is 3.90. The summed E-state index contributed by atoms with van der Waals surface area (Å²) in [4.78, 5) is 36.7. The molecule has 3 amide bonds. The Morgan fingerprint density at radius 1 is 0.968 bits per heavy atom. The summed E-state index contributed by atoms with van der Waals surface area (Å²) < 4.78 is 5.15. The van der Waals surface area contributed by atoms with E-state index in [-0.39, 0.29) is 5.69 Å². The second kappa shape index (κ2) is 9.25. The van der Waals surface area contributed by atoms with Crippen LogP contribution in [-0.4, -0.2) is 34.2 Å². The van der Waals surface area contributed by atoms with Crippen LogP contribution in [0.4, 0.5) is 10.5 Å². The first-order chi connectivity index (χ1) is 14.7. The number of aryl methyl sites for hydroxylation is 3. The van der Waals surface area contributed by atoms with Gasteiger partial charge in [0.05, 0.1) is 5.69 Å². The molecule has 31 heavy (non-hydrogen) atoms. The maximum Gasteiger partial charge on any atom is 0.357 e. The van der Waals surface area contributed by atoms with Crippen LogP contribution in [0.15, 0.2) is 48.5 Å². The van der Waals surface area contributed by atoms with E-state index in [0.29, 0.717) is 11.4 Å². The number of aromatic amines is 1. The Morgan fingerprint density at radius 3 is 2.32 bits per heavy atom. The minimum absolute atomic E-state index is 0.106. The molecule has 2 aromatic carbocycles.